The molecule has 2 aromatic carbocycles. The van der Waals surface area contributed by atoms with Crippen molar-refractivity contribution < 1.29 is 9.90 Å². The number of benzene rings is 2. The SMILES string of the molecule is Nc1cc(Cl)cc(C(=O)N2CCc3ccc(O)cc3C2)c1. The molecule has 0 saturated carbocycles. The second-order valence-corrected chi connectivity index (χ2v) is 5.64. The van der Waals surface area contributed by atoms with E-state index in [1.165, 1.54) is 5.56 Å². The molecule has 1 aliphatic heterocycles. The minimum Gasteiger partial charge on any atom is -0.508 e. The lowest BCUT2D eigenvalue weighted by molar-refractivity contribution is 0.0734. The quantitative estimate of drug-likeness (QED) is 0.796. The Kier molecular flexibility index (Phi) is 3.47. The summed E-state index contributed by atoms with van der Waals surface area (Å²) in [6.45, 7) is 1.12. The van der Waals surface area contributed by atoms with Gasteiger partial charge in [0.15, 0.2) is 0 Å². The summed E-state index contributed by atoms with van der Waals surface area (Å²) in [5, 5.41) is 10.0. The number of nitrogens with zero attached hydrogens (tertiary/aromatic N) is 1. The van der Waals surface area contributed by atoms with Gasteiger partial charge in [0.05, 0.1) is 0 Å². The van der Waals surface area contributed by atoms with Crippen LogP contribution in [0.25, 0.3) is 0 Å². The molecule has 0 saturated heterocycles. The minimum atomic E-state index is -0.0989. The summed E-state index contributed by atoms with van der Waals surface area (Å²) in [4.78, 5) is 14.3. The lowest BCUT2D eigenvalue weighted by Gasteiger charge is -2.29. The van der Waals surface area contributed by atoms with Gasteiger partial charge in [0.1, 0.15) is 5.75 Å². The molecule has 0 atom stereocenters. The number of hydrogen-bond donors (Lipinski definition) is 2. The number of phenolic OH excluding ortho intramolecular Hbond substituents is 1. The van der Waals surface area contributed by atoms with E-state index in [1.807, 2.05) is 6.07 Å². The summed E-state index contributed by atoms with van der Waals surface area (Å²) in [7, 11) is 0. The molecule has 1 aliphatic rings. The van der Waals surface area contributed by atoms with E-state index in [0.29, 0.717) is 29.4 Å². The van der Waals surface area contributed by atoms with Crippen LogP contribution in [0.4, 0.5) is 5.69 Å². The monoisotopic (exact) mass is 302 g/mol. The maximum Gasteiger partial charge on any atom is 0.254 e. The van der Waals surface area contributed by atoms with Gasteiger partial charge >= 0.3 is 0 Å². The average Bonchev–Trinajstić information content (AvgIpc) is 2.44. The van der Waals surface area contributed by atoms with E-state index < -0.39 is 0 Å². The number of nitrogens with two attached hydrogens (primary N) is 1. The van der Waals surface area contributed by atoms with Crippen LogP contribution in [-0.2, 0) is 13.0 Å². The summed E-state index contributed by atoms with van der Waals surface area (Å²) >= 11 is 5.95. The van der Waals surface area contributed by atoms with Crippen LogP contribution < -0.4 is 5.73 Å². The van der Waals surface area contributed by atoms with Crippen molar-refractivity contribution in [3.8, 4) is 5.75 Å². The van der Waals surface area contributed by atoms with Crippen LogP contribution in [0.5, 0.6) is 5.75 Å². The molecule has 1 amide bonds. The molecule has 0 bridgehead atoms. The van der Waals surface area contributed by atoms with E-state index >= 15 is 0 Å². The first-order chi connectivity index (χ1) is 10.0. The van der Waals surface area contributed by atoms with E-state index in [-0.39, 0.29) is 11.7 Å². The number of hydrogen-bond acceptors (Lipinski definition) is 3. The standard InChI is InChI=1S/C16H15ClN2O2/c17-13-5-11(6-14(18)8-13)16(21)19-4-3-10-1-2-15(20)7-12(10)9-19/h1-2,5-8,20H,3-4,9,18H2. The number of aromatic hydroxyl groups is 1. The van der Waals surface area contributed by atoms with Crippen molar-refractivity contribution in [2.75, 3.05) is 12.3 Å². The molecular weight excluding hydrogens is 288 g/mol. The number of anilines is 1. The Labute approximate surface area is 127 Å². The fourth-order valence-electron chi connectivity index (χ4n) is 2.64. The van der Waals surface area contributed by atoms with Crippen LogP contribution in [0.15, 0.2) is 36.4 Å². The Morgan fingerprint density at radius 1 is 1.19 bits per heavy atom. The van der Waals surface area contributed by atoms with Gasteiger partial charge in [0.2, 0.25) is 0 Å². The van der Waals surface area contributed by atoms with Crippen LogP contribution in [-0.4, -0.2) is 22.5 Å². The van der Waals surface area contributed by atoms with Crippen LogP contribution in [0.3, 0.4) is 0 Å². The summed E-state index contributed by atoms with van der Waals surface area (Å²) < 4.78 is 0. The lowest BCUT2D eigenvalue weighted by Crippen LogP contribution is -2.35. The maximum atomic E-state index is 12.5. The molecule has 1 heterocycles. The van der Waals surface area contributed by atoms with Crippen LogP contribution >= 0.6 is 11.6 Å². The first-order valence-electron chi connectivity index (χ1n) is 6.69. The summed E-state index contributed by atoms with van der Waals surface area (Å²) in [5.41, 5.74) is 8.84. The largest absolute Gasteiger partial charge is 0.508 e. The molecule has 21 heavy (non-hydrogen) atoms. The molecule has 0 radical (unpaired) electrons. The molecule has 2 aromatic rings. The number of nitrogen functional groups attached to an aromatic ring is 1. The highest BCUT2D eigenvalue weighted by atomic mass is 35.5. The first kappa shape index (κ1) is 13.8. The van der Waals surface area contributed by atoms with Crippen molar-refractivity contribution in [1.82, 2.24) is 4.90 Å². The van der Waals surface area contributed by atoms with Gasteiger partial charge in [-0.1, -0.05) is 17.7 Å². The minimum absolute atomic E-state index is 0.0989. The molecule has 0 aromatic heterocycles. The topological polar surface area (TPSA) is 66.6 Å². The van der Waals surface area contributed by atoms with E-state index in [0.717, 1.165) is 12.0 Å². The second kappa shape index (κ2) is 5.30. The highest BCUT2D eigenvalue weighted by Gasteiger charge is 2.22. The maximum absolute atomic E-state index is 12.5. The molecule has 108 valence electrons. The average molecular weight is 303 g/mol. The number of carbonyl (C=O) groups is 1. The number of carbonyl (C=O) groups excluding carboxylic acids is 1. The molecule has 3 N–H and O–H groups in total. The number of halogens is 1. The third-order valence-electron chi connectivity index (χ3n) is 3.66. The number of phenols is 1. The van der Waals surface area contributed by atoms with Crippen molar-refractivity contribution in [1.29, 1.82) is 0 Å². The number of amides is 1. The van der Waals surface area contributed by atoms with Gasteiger partial charge in [-0.15, -0.1) is 0 Å². The van der Waals surface area contributed by atoms with Crippen molar-refractivity contribution in [3.05, 3.63) is 58.1 Å². The predicted molar refractivity (Wildman–Crippen MR) is 82.4 cm³/mol. The third kappa shape index (κ3) is 2.81. The molecule has 0 fully saturated rings. The van der Waals surface area contributed by atoms with Gasteiger partial charge in [-0.2, -0.15) is 0 Å². The highest BCUT2D eigenvalue weighted by Crippen LogP contribution is 2.25. The zero-order chi connectivity index (χ0) is 15.0. The molecule has 4 nitrogen and oxygen atoms in total. The van der Waals surface area contributed by atoms with Crippen LogP contribution in [0.2, 0.25) is 5.02 Å². The number of fused-ring (bicyclic) bond motifs is 1. The van der Waals surface area contributed by atoms with Gasteiger partial charge in [-0.05, 0) is 47.9 Å². The van der Waals surface area contributed by atoms with Crippen LogP contribution in [0, 0.1) is 0 Å². The highest BCUT2D eigenvalue weighted by molar-refractivity contribution is 6.31. The zero-order valence-electron chi connectivity index (χ0n) is 11.3. The van der Waals surface area contributed by atoms with E-state index in [9.17, 15) is 9.90 Å². The molecule has 0 aliphatic carbocycles. The van der Waals surface area contributed by atoms with Gasteiger partial charge in [-0.3, -0.25) is 4.79 Å². The molecule has 0 spiro atoms. The number of rotatable bonds is 1. The fraction of sp³-hybridized carbons (Fsp3) is 0.188. The normalized spacial score (nSPS) is 13.9. The van der Waals surface area contributed by atoms with E-state index in [4.69, 9.17) is 17.3 Å². The van der Waals surface area contributed by atoms with Crippen molar-refractivity contribution in [2.24, 2.45) is 0 Å². The summed E-state index contributed by atoms with van der Waals surface area (Å²) in [6.07, 6.45) is 0.775. The zero-order valence-corrected chi connectivity index (χ0v) is 12.1. The van der Waals surface area contributed by atoms with E-state index in [2.05, 4.69) is 0 Å². The van der Waals surface area contributed by atoms with Crippen molar-refractivity contribution >= 4 is 23.2 Å². The Bertz CT molecular complexity index is 695. The van der Waals surface area contributed by atoms with Gasteiger partial charge in [0.25, 0.3) is 5.91 Å². The fourth-order valence-corrected chi connectivity index (χ4v) is 2.88. The Balaban J connectivity index is 1.86. The van der Waals surface area contributed by atoms with E-state index in [1.54, 1.807) is 35.2 Å². The predicted octanol–water partition coefficient (Wildman–Crippen LogP) is 2.83. The molecule has 3 rings (SSSR count). The summed E-state index contributed by atoms with van der Waals surface area (Å²) in [5.74, 6) is 0.119. The smallest absolute Gasteiger partial charge is 0.254 e. The molecule has 0 unspecified atom stereocenters. The Hall–Kier alpha value is -2.20. The lowest BCUT2D eigenvalue weighted by atomic mass is 9.99. The Morgan fingerprint density at radius 2 is 2.00 bits per heavy atom. The van der Waals surface area contributed by atoms with Gasteiger partial charge in [0, 0.05) is 29.4 Å². The van der Waals surface area contributed by atoms with Crippen molar-refractivity contribution in [3.63, 3.8) is 0 Å². The Morgan fingerprint density at radius 3 is 2.76 bits per heavy atom. The summed E-state index contributed by atoms with van der Waals surface area (Å²) in [6, 6.07) is 10.2. The van der Waals surface area contributed by atoms with Gasteiger partial charge in [-0.25, -0.2) is 0 Å². The third-order valence-corrected chi connectivity index (χ3v) is 3.87. The molecular formula is C16H15ClN2O2. The van der Waals surface area contributed by atoms with Crippen molar-refractivity contribution in [2.45, 2.75) is 13.0 Å². The molecule has 5 heteroatoms. The first-order valence-corrected chi connectivity index (χ1v) is 7.07. The van der Waals surface area contributed by atoms with Crippen LogP contribution in [0.1, 0.15) is 21.5 Å². The second-order valence-electron chi connectivity index (χ2n) is 5.20. The van der Waals surface area contributed by atoms with Gasteiger partial charge < -0.3 is 15.7 Å².